The van der Waals surface area contributed by atoms with Gasteiger partial charge in [-0.1, -0.05) is 12.1 Å². The molecule has 1 aromatic carbocycles. The van der Waals surface area contributed by atoms with Crippen LogP contribution in [0.5, 0.6) is 0 Å². The number of hydrogen-bond acceptors (Lipinski definition) is 4. The van der Waals surface area contributed by atoms with Crippen LogP contribution in [0.25, 0.3) is 0 Å². The van der Waals surface area contributed by atoms with Crippen molar-refractivity contribution in [2.24, 2.45) is 13.0 Å². The predicted molar refractivity (Wildman–Crippen MR) is 95.3 cm³/mol. The molecular formula is C19H24N4O2. The average molecular weight is 340 g/mol. The van der Waals surface area contributed by atoms with E-state index in [1.54, 1.807) is 0 Å². The minimum Gasteiger partial charge on any atom is -0.385 e. The number of carbonyl (C=O) groups excluding carboxylic acids is 1. The Bertz CT molecular complexity index is 757. The molecule has 1 aromatic heterocycles. The van der Waals surface area contributed by atoms with Crippen LogP contribution in [0.3, 0.4) is 0 Å². The van der Waals surface area contributed by atoms with Gasteiger partial charge in [0, 0.05) is 62.4 Å². The first-order chi connectivity index (χ1) is 12.2. The molecule has 2 aromatic rings. The maximum atomic E-state index is 11.4. The standard InChI is InChI=1S/C19H24N4O2/c1-23-12-16(11-22-23)19-14(5-6-25-19)9-20-17-4-2-3-13(7-17)15-8-18(24)21-10-15/h2-4,7,11-12,14-15,19-20H,5-6,8-10H2,1H3,(H,21,24)/t14-,15?,19+/m0/s1. The molecule has 0 aliphatic carbocycles. The first kappa shape index (κ1) is 16.1. The van der Waals surface area contributed by atoms with Gasteiger partial charge >= 0.3 is 0 Å². The predicted octanol–water partition coefficient (Wildman–Crippen LogP) is 2.21. The topological polar surface area (TPSA) is 68.2 Å². The Kier molecular flexibility index (Phi) is 4.44. The van der Waals surface area contributed by atoms with Gasteiger partial charge in [-0.25, -0.2) is 0 Å². The third kappa shape index (κ3) is 3.54. The summed E-state index contributed by atoms with van der Waals surface area (Å²) in [5.74, 6) is 0.862. The molecule has 132 valence electrons. The Morgan fingerprint density at radius 3 is 3.08 bits per heavy atom. The third-order valence-corrected chi connectivity index (χ3v) is 5.17. The van der Waals surface area contributed by atoms with Gasteiger partial charge in [0.05, 0.1) is 12.3 Å². The first-order valence-electron chi connectivity index (χ1n) is 8.90. The highest BCUT2D eigenvalue weighted by Crippen LogP contribution is 2.34. The Hall–Kier alpha value is -2.34. The summed E-state index contributed by atoms with van der Waals surface area (Å²) < 4.78 is 7.75. The van der Waals surface area contributed by atoms with Crippen molar-refractivity contribution >= 4 is 11.6 Å². The van der Waals surface area contributed by atoms with Gasteiger partial charge < -0.3 is 15.4 Å². The molecule has 2 N–H and O–H groups in total. The van der Waals surface area contributed by atoms with Gasteiger partial charge in [-0.05, 0) is 24.1 Å². The summed E-state index contributed by atoms with van der Waals surface area (Å²) in [5, 5.41) is 10.7. The first-order valence-corrected chi connectivity index (χ1v) is 8.90. The summed E-state index contributed by atoms with van der Waals surface area (Å²) in [6, 6.07) is 8.42. The number of hydrogen-bond donors (Lipinski definition) is 2. The van der Waals surface area contributed by atoms with Crippen LogP contribution in [0.1, 0.15) is 36.0 Å². The van der Waals surface area contributed by atoms with Gasteiger partial charge in [-0.3, -0.25) is 9.48 Å². The van der Waals surface area contributed by atoms with Gasteiger partial charge in [0.1, 0.15) is 0 Å². The van der Waals surface area contributed by atoms with Gasteiger partial charge in [0.15, 0.2) is 0 Å². The zero-order chi connectivity index (χ0) is 17.2. The lowest BCUT2D eigenvalue weighted by atomic mass is 9.96. The van der Waals surface area contributed by atoms with E-state index in [0.717, 1.165) is 37.4 Å². The Balaban J connectivity index is 1.40. The molecule has 2 aliphatic heterocycles. The number of ether oxygens (including phenoxy) is 1. The van der Waals surface area contributed by atoms with Crippen molar-refractivity contribution in [2.75, 3.05) is 25.0 Å². The number of aromatic nitrogens is 2. The van der Waals surface area contributed by atoms with Crippen molar-refractivity contribution in [3.63, 3.8) is 0 Å². The molecule has 0 radical (unpaired) electrons. The number of anilines is 1. The van der Waals surface area contributed by atoms with Crippen LogP contribution in [0.2, 0.25) is 0 Å². The van der Waals surface area contributed by atoms with E-state index in [2.05, 4.69) is 40.0 Å². The van der Waals surface area contributed by atoms with E-state index in [1.165, 1.54) is 5.56 Å². The molecular weight excluding hydrogens is 316 g/mol. The van der Waals surface area contributed by atoms with Crippen LogP contribution >= 0.6 is 0 Å². The summed E-state index contributed by atoms with van der Waals surface area (Å²) in [4.78, 5) is 11.4. The molecule has 2 saturated heterocycles. The van der Waals surface area contributed by atoms with Crippen molar-refractivity contribution < 1.29 is 9.53 Å². The molecule has 1 unspecified atom stereocenters. The van der Waals surface area contributed by atoms with Crippen molar-refractivity contribution in [3.8, 4) is 0 Å². The van der Waals surface area contributed by atoms with E-state index in [-0.39, 0.29) is 17.9 Å². The SMILES string of the molecule is Cn1cc([C@@H]2OCC[C@H]2CNc2cccc(C3CNC(=O)C3)c2)cn1. The largest absolute Gasteiger partial charge is 0.385 e. The lowest BCUT2D eigenvalue weighted by Gasteiger charge is -2.19. The van der Waals surface area contributed by atoms with E-state index >= 15 is 0 Å². The van der Waals surface area contributed by atoms with Crippen molar-refractivity contribution in [1.82, 2.24) is 15.1 Å². The van der Waals surface area contributed by atoms with Crippen LogP contribution in [-0.4, -0.2) is 35.4 Å². The number of nitrogens with zero attached hydrogens (tertiary/aromatic N) is 2. The van der Waals surface area contributed by atoms with Crippen LogP contribution < -0.4 is 10.6 Å². The fourth-order valence-corrected chi connectivity index (χ4v) is 3.79. The Morgan fingerprint density at radius 2 is 2.32 bits per heavy atom. The van der Waals surface area contributed by atoms with Crippen LogP contribution in [0.4, 0.5) is 5.69 Å². The second-order valence-electron chi connectivity index (χ2n) is 7.00. The lowest BCUT2D eigenvalue weighted by molar-refractivity contribution is -0.119. The minimum atomic E-state index is 0.112. The zero-order valence-corrected chi connectivity index (χ0v) is 14.4. The molecule has 2 fully saturated rings. The third-order valence-electron chi connectivity index (χ3n) is 5.17. The smallest absolute Gasteiger partial charge is 0.220 e. The summed E-state index contributed by atoms with van der Waals surface area (Å²) in [5.41, 5.74) is 3.47. The van der Waals surface area contributed by atoms with Gasteiger partial charge in [0.2, 0.25) is 5.91 Å². The van der Waals surface area contributed by atoms with Crippen LogP contribution in [0, 0.1) is 5.92 Å². The number of benzene rings is 1. The molecule has 3 atom stereocenters. The molecule has 2 aliphatic rings. The Labute approximate surface area is 147 Å². The normalized spacial score (nSPS) is 26.0. The maximum Gasteiger partial charge on any atom is 0.220 e. The molecule has 0 bridgehead atoms. The Morgan fingerprint density at radius 1 is 1.40 bits per heavy atom. The number of rotatable bonds is 5. The molecule has 0 saturated carbocycles. The van der Waals surface area contributed by atoms with Gasteiger partial charge in [-0.15, -0.1) is 0 Å². The molecule has 4 rings (SSSR count). The van der Waals surface area contributed by atoms with Crippen molar-refractivity contribution in [2.45, 2.75) is 24.9 Å². The van der Waals surface area contributed by atoms with Gasteiger partial charge in [-0.2, -0.15) is 5.10 Å². The quantitative estimate of drug-likeness (QED) is 0.876. The summed E-state index contributed by atoms with van der Waals surface area (Å²) in [6.07, 6.45) is 5.68. The number of amides is 1. The zero-order valence-electron chi connectivity index (χ0n) is 14.4. The average Bonchev–Trinajstić information content (AvgIpc) is 3.34. The van der Waals surface area contributed by atoms with E-state index in [1.807, 2.05) is 24.1 Å². The molecule has 25 heavy (non-hydrogen) atoms. The van der Waals surface area contributed by atoms with Crippen molar-refractivity contribution in [3.05, 3.63) is 47.8 Å². The molecule has 1 amide bonds. The van der Waals surface area contributed by atoms with Gasteiger partial charge in [0.25, 0.3) is 0 Å². The highest BCUT2D eigenvalue weighted by atomic mass is 16.5. The minimum absolute atomic E-state index is 0.112. The number of aryl methyl sites for hydroxylation is 1. The lowest BCUT2D eigenvalue weighted by Crippen LogP contribution is -2.18. The van der Waals surface area contributed by atoms with Crippen molar-refractivity contribution in [1.29, 1.82) is 0 Å². The van der Waals surface area contributed by atoms with E-state index < -0.39 is 0 Å². The van der Waals surface area contributed by atoms with Crippen LogP contribution in [0.15, 0.2) is 36.7 Å². The number of carbonyl (C=O) groups is 1. The van der Waals surface area contributed by atoms with E-state index in [0.29, 0.717) is 12.3 Å². The highest BCUT2D eigenvalue weighted by molar-refractivity contribution is 5.79. The fourth-order valence-electron chi connectivity index (χ4n) is 3.79. The molecule has 6 heteroatoms. The van der Waals surface area contributed by atoms with E-state index in [4.69, 9.17) is 4.74 Å². The molecule has 0 spiro atoms. The maximum absolute atomic E-state index is 11.4. The number of nitrogens with one attached hydrogen (secondary N) is 2. The second kappa shape index (κ2) is 6.88. The molecule has 3 heterocycles. The second-order valence-corrected chi connectivity index (χ2v) is 7.00. The summed E-state index contributed by atoms with van der Waals surface area (Å²) >= 11 is 0. The summed E-state index contributed by atoms with van der Waals surface area (Å²) in [6.45, 7) is 2.40. The van der Waals surface area contributed by atoms with Crippen LogP contribution in [-0.2, 0) is 16.6 Å². The molecule has 6 nitrogen and oxygen atoms in total. The monoisotopic (exact) mass is 340 g/mol. The van der Waals surface area contributed by atoms with E-state index in [9.17, 15) is 4.79 Å². The highest BCUT2D eigenvalue weighted by Gasteiger charge is 2.30. The summed E-state index contributed by atoms with van der Waals surface area (Å²) in [7, 11) is 1.93. The fraction of sp³-hybridized carbons (Fsp3) is 0.474.